The van der Waals surface area contributed by atoms with E-state index >= 15 is 0 Å². The lowest BCUT2D eigenvalue weighted by Crippen LogP contribution is -2.18. The van der Waals surface area contributed by atoms with Crippen LogP contribution in [0.3, 0.4) is 0 Å². The van der Waals surface area contributed by atoms with Crippen molar-refractivity contribution in [3.05, 3.63) is 41.1 Å². The largest absolute Gasteiger partial charge is 0.279 e. The molecule has 1 aliphatic rings. The van der Waals surface area contributed by atoms with Gasteiger partial charge in [0.15, 0.2) is 6.19 Å². The molecule has 0 aromatic heterocycles. The van der Waals surface area contributed by atoms with Gasteiger partial charge >= 0.3 is 0 Å². The maximum Gasteiger partial charge on any atom is 0.184 e. The van der Waals surface area contributed by atoms with Gasteiger partial charge in [-0.05, 0) is 24.1 Å². The van der Waals surface area contributed by atoms with Crippen molar-refractivity contribution >= 4 is 6.08 Å². The molecule has 0 bridgehead atoms. The van der Waals surface area contributed by atoms with Crippen LogP contribution < -0.4 is 0 Å². The first-order chi connectivity index (χ1) is 6.31. The number of hydrogen-bond acceptors (Lipinski definition) is 2. The zero-order valence-electron chi connectivity index (χ0n) is 7.49. The number of rotatable bonds is 0. The van der Waals surface area contributed by atoms with E-state index < -0.39 is 0 Å². The van der Waals surface area contributed by atoms with Gasteiger partial charge in [0.25, 0.3) is 0 Å². The fourth-order valence-electron chi connectivity index (χ4n) is 1.53. The molecule has 0 fully saturated rings. The molecule has 1 aliphatic heterocycles. The van der Waals surface area contributed by atoms with Crippen molar-refractivity contribution in [3.63, 3.8) is 0 Å². The monoisotopic (exact) mass is 170 g/mol. The van der Waals surface area contributed by atoms with E-state index in [9.17, 15) is 0 Å². The summed E-state index contributed by atoms with van der Waals surface area (Å²) in [5.74, 6) is 0. The van der Waals surface area contributed by atoms with E-state index in [-0.39, 0.29) is 0 Å². The Labute approximate surface area is 77.7 Å². The van der Waals surface area contributed by atoms with Gasteiger partial charge in [0.05, 0.1) is 6.54 Å². The predicted octanol–water partition coefficient (Wildman–Crippen LogP) is 2.34. The highest BCUT2D eigenvalue weighted by atomic mass is 15.1. The zero-order valence-corrected chi connectivity index (χ0v) is 7.49. The third-order valence-corrected chi connectivity index (χ3v) is 2.29. The first-order valence-corrected chi connectivity index (χ1v) is 4.25. The maximum absolute atomic E-state index is 8.82. The molecule has 0 atom stereocenters. The normalized spacial score (nSPS) is 14.5. The van der Waals surface area contributed by atoms with Gasteiger partial charge in [-0.3, -0.25) is 4.90 Å². The van der Waals surface area contributed by atoms with Crippen molar-refractivity contribution in [3.8, 4) is 6.19 Å². The van der Waals surface area contributed by atoms with Crippen molar-refractivity contribution in [1.29, 1.82) is 5.26 Å². The molecule has 1 aromatic rings. The topological polar surface area (TPSA) is 27.0 Å². The Balaban J connectivity index is 2.48. The molecule has 0 amide bonds. The number of hydrogen-bond donors (Lipinski definition) is 0. The number of allylic oxidation sites excluding steroid dienone is 1. The van der Waals surface area contributed by atoms with Gasteiger partial charge in [-0.15, -0.1) is 0 Å². The quantitative estimate of drug-likeness (QED) is 0.559. The number of nitriles is 1. The third kappa shape index (κ3) is 1.29. The van der Waals surface area contributed by atoms with E-state index in [4.69, 9.17) is 5.26 Å². The summed E-state index contributed by atoms with van der Waals surface area (Å²) in [5.41, 5.74) is 3.46. The molecule has 1 aromatic carbocycles. The first kappa shape index (κ1) is 7.88. The van der Waals surface area contributed by atoms with Crippen molar-refractivity contribution in [2.75, 3.05) is 0 Å². The Morgan fingerprint density at radius 3 is 2.92 bits per heavy atom. The highest BCUT2D eigenvalue weighted by Gasteiger charge is 2.13. The Hall–Kier alpha value is -1.75. The van der Waals surface area contributed by atoms with E-state index in [0.717, 1.165) is 5.70 Å². The lowest BCUT2D eigenvalue weighted by Gasteiger charge is -2.22. The second-order valence-corrected chi connectivity index (χ2v) is 3.17. The Morgan fingerprint density at radius 2 is 2.15 bits per heavy atom. The first-order valence-electron chi connectivity index (χ1n) is 4.25. The van der Waals surface area contributed by atoms with E-state index in [0.29, 0.717) is 6.54 Å². The van der Waals surface area contributed by atoms with Crippen LogP contribution in [0.2, 0.25) is 0 Å². The van der Waals surface area contributed by atoms with Crippen molar-refractivity contribution in [1.82, 2.24) is 4.90 Å². The van der Waals surface area contributed by atoms with Crippen LogP contribution in [-0.4, -0.2) is 4.90 Å². The second kappa shape index (κ2) is 2.95. The summed E-state index contributed by atoms with van der Waals surface area (Å²) in [6.07, 6.45) is 4.20. The maximum atomic E-state index is 8.82. The summed E-state index contributed by atoms with van der Waals surface area (Å²) >= 11 is 0. The SMILES string of the molecule is CC1=Cc2ccccc2CN1C#N. The van der Waals surface area contributed by atoms with Gasteiger partial charge in [0.2, 0.25) is 0 Å². The minimum Gasteiger partial charge on any atom is -0.279 e. The molecular formula is C11H10N2. The predicted molar refractivity (Wildman–Crippen MR) is 51.2 cm³/mol. The standard InChI is InChI=1S/C11H10N2/c1-9-6-10-4-2-3-5-11(10)7-13(9)8-12/h2-6H,7H2,1H3. The molecule has 0 radical (unpaired) electrons. The molecule has 0 spiro atoms. The van der Waals surface area contributed by atoms with Crippen LogP contribution in [0, 0.1) is 11.5 Å². The molecular weight excluding hydrogens is 160 g/mol. The molecule has 2 nitrogen and oxygen atoms in total. The number of fused-ring (bicyclic) bond motifs is 1. The van der Waals surface area contributed by atoms with Crippen molar-refractivity contribution in [2.45, 2.75) is 13.5 Å². The highest BCUT2D eigenvalue weighted by molar-refractivity contribution is 5.58. The zero-order chi connectivity index (χ0) is 9.26. The highest BCUT2D eigenvalue weighted by Crippen LogP contribution is 2.22. The molecule has 0 unspecified atom stereocenters. The van der Waals surface area contributed by atoms with Crippen molar-refractivity contribution in [2.24, 2.45) is 0 Å². The lowest BCUT2D eigenvalue weighted by atomic mass is 10.0. The fraction of sp³-hybridized carbons (Fsp3) is 0.182. The summed E-state index contributed by atoms with van der Waals surface area (Å²) in [6.45, 7) is 2.66. The summed E-state index contributed by atoms with van der Waals surface area (Å²) < 4.78 is 0. The molecule has 2 rings (SSSR count). The summed E-state index contributed by atoms with van der Waals surface area (Å²) in [5, 5.41) is 8.82. The minimum atomic E-state index is 0.703. The van der Waals surface area contributed by atoms with Crippen LogP contribution in [0.15, 0.2) is 30.0 Å². The molecule has 0 saturated heterocycles. The molecule has 0 N–H and O–H groups in total. The number of nitrogens with zero attached hydrogens (tertiary/aromatic N) is 2. The molecule has 64 valence electrons. The molecule has 0 aliphatic carbocycles. The van der Waals surface area contributed by atoms with Gasteiger partial charge in [-0.1, -0.05) is 24.3 Å². The van der Waals surface area contributed by atoms with Crippen LogP contribution in [0.4, 0.5) is 0 Å². The van der Waals surface area contributed by atoms with Crippen LogP contribution >= 0.6 is 0 Å². The summed E-state index contributed by atoms with van der Waals surface area (Å²) in [4.78, 5) is 1.70. The lowest BCUT2D eigenvalue weighted by molar-refractivity contribution is 0.475. The van der Waals surface area contributed by atoms with Gasteiger partial charge in [0.1, 0.15) is 0 Å². The van der Waals surface area contributed by atoms with Gasteiger partial charge in [-0.2, -0.15) is 5.26 Å². The fourth-order valence-corrected chi connectivity index (χ4v) is 1.53. The van der Waals surface area contributed by atoms with E-state index in [1.807, 2.05) is 25.1 Å². The molecule has 2 heteroatoms. The average molecular weight is 170 g/mol. The average Bonchev–Trinajstić information content (AvgIpc) is 2.17. The molecule has 13 heavy (non-hydrogen) atoms. The van der Waals surface area contributed by atoms with Crippen LogP contribution in [0.1, 0.15) is 18.1 Å². The van der Waals surface area contributed by atoms with E-state index in [1.54, 1.807) is 4.90 Å². The van der Waals surface area contributed by atoms with Gasteiger partial charge in [-0.25, -0.2) is 0 Å². The van der Waals surface area contributed by atoms with E-state index in [1.165, 1.54) is 11.1 Å². The minimum absolute atomic E-state index is 0.703. The van der Waals surface area contributed by atoms with Crippen LogP contribution in [-0.2, 0) is 6.54 Å². The van der Waals surface area contributed by atoms with Crippen LogP contribution in [0.25, 0.3) is 6.08 Å². The van der Waals surface area contributed by atoms with Gasteiger partial charge < -0.3 is 0 Å². The summed E-state index contributed by atoms with van der Waals surface area (Å²) in [7, 11) is 0. The van der Waals surface area contributed by atoms with Crippen molar-refractivity contribution < 1.29 is 0 Å². The van der Waals surface area contributed by atoms with Gasteiger partial charge in [0, 0.05) is 5.70 Å². The third-order valence-electron chi connectivity index (χ3n) is 2.29. The molecule has 0 saturated carbocycles. The Kier molecular flexibility index (Phi) is 1.79. The molecule has 1 heterocycles. The Morgan fingerprint density at radius 1 is 1.38 bits per heavy atom. The smallest absolute Gasteiger partial charge is 0.184 e. The van der Waals surface area contributed by atoms with E-state index in [2.05, 4.69) is 18.3 Å². The second-order valence-electron chi connectivity index (χ2n) is 3.17. The van der Waals surface area contributed by atoms with Crippen LogP contribution in [0.5, 0.6) is 0 Å². The summed E-state index contributed by atoms with van der Waals surface area (Å²) in [6, 6.07) is 8.16. The number of benzene rings is 1. The Bertz CT molecular complexity index is 399.